The topological polar surface area (TPSA) is 74.4 Å². The predicted octanol–water partition coefficient (Wildman–Crippen LogP) is 2.50. The summed E-state index contributed by atoms with van der Waals surface area (Å²) in [6.07, 6.45) is 10.8. The van der Waals surface area contributed by atoms with Crippen LogP contribution in [-0.4, -0.2) is 50.6 Å². The maximum Gasteiger partial charge on any atom is 0.737 e. The van der Waals surface area contributed by atoms with Gasteiger partial charge in [-0.25, -0.2) is 0 Å². The Morgan fingerprint density at radius 2 is 2.04 bits per heavy atom. The van der Waals surface area contributed by atoms with Gasteiger partial charge >= 0.3 is 6.97 Å². The van der Waals surface area contributed by atoms with Gasteiger partial charge in [-0.3, -0.25) is 0 Å². The van der Waals surface area contributed by atoms with E-state index in [-0.39, 0.29) is 6.61 Å². The van der Waals surface area contributed by atoms with Crippen LogP contribution in [0.3, 0.4) is 0 Å². The number of nitrogens with two attached hydrogens (primary N) is 1. The maximum absolute atomic E-state index is 15.3. The second kappa shape index (κ2) is 8.15. The molecule has 0 saturated carbocycles. The number of halogens is 2. The van der Waals surface area contributed by atoms with E-state index in [9.17, 15) is 5.11 Å². The first-order valence-electron chi connectivity index (χ1n) is 9.74. The van der Waals surface area contributed by atoms with E-state index < -0.39 is 19.1 Å². The lowest BCUT2D eigenvalue weighted by Gasteiger charge is -2.30. The summed E-state index contributed by atoms with van der Waals surface area (Å²) >= 11 is 0. The number of nitrogens with zero attached hydrogens (tertiary/aromatic N) is 2. The Hall–Kier alpha value is -2.03. The largest absolute Gasteiger partial charge is 0.737 e. The lowest BCUT2D eigenvalue weighted by atomic mass is 9.90. The van der Waals surface area contributed by atoms with Gasteiger partial charge in [0, 0.05) is 30.3 Å². The quantitative estimate of drug-likeness (QED) is 0.362. The molecule has 0 fully saturated rings. The van der Waals surface area contributed by atoms with E-state index in [2.05, 4.69) is 0 Å². The standard InChI is InChI=1S/C20H28BF2N3O2/c1-14-11-15(2)25-19(14)12-17-10-9-16(26(17)21(25,22)23)7-5-3-4-6-8-20(28)18(24)13-27/h6,8-12,18,20,27-28H,3-5,7,13,24H2,1-2H3/b8-6+/t18-,20+/m0/s1. The second-order valence-electron chi connectivity index (χ2n) is 7.59. The highest BCUT2D eigenvalue weighted by atomic mass is 19.2. The van der Waals surface area contributed by atoms with Crippen LogP contribution in [0.5, 0.6) is 0 Å². The van der Waals surface area contributed by atoms with Gasteiger partial charge in [0.15, 0.2) is 5.70 Å². The van der Waals surface area contributed by atoms with Gasteiger partial charge in [-0.1, -0.05) is 12.2 Å². The van der Waals surface area contributed by atoms with E-state index >= 15 is 8.63 Å². The number of aromatic nitrogens is 1. The van der Waals surface area contributed by atoms with Gasteiger partial charge in [0.05, 0.1) is 18.8 Å². The van der Waals surface area contributed by atoms with Crippen molar-refractivity contribution in [3.63, 3.8) is 0 Å². The average Bonchev–Trinajstić information content (AvgIpc) is 3.18. The summed E-state index contributed by atoms with van der Waals surface area (Å²) in [6.45, 7) is -0.593. The van der Waals surface area contributed by atoms with E-state index in [1.165, 1.54) is 8.96 Å². The van der Waals surface area contributed by atoms with Crippen LogP contribution >= 0.6 is 0 Å². The Morgan fingerprint density at radius 3 is 2.75 bits per heavy atom. The molecule has 152 valence electrons. The van der Waals surface area contributed by atoms with Crippen molar-refractivity contribution in [3.8, 4) is 0 Å². The van der Waals surface area contributed by atoms with Crippen LogP contribution in [0.4, 0.5) is 8.63 Å². The maximum atomic E-state index is 15.3. The highest BCUT2D eigenvalue weighted by Crippen LogP contribution is 2.34. The zero-order chi connectivity index (χ0) is 20.5. The van der Waals surface area contributed by atoms with Crippen LogP contribution < -0.4 is 5.73 Å². The molecule has 0 bridgehead atoms. The van der Waals surface area contributed by atoms with Crippen LogP contribution in [0.15, 0.2) is 36.1 Å². The number of aliphatic hydroxyl groups is 2. The molecule has 2 aliphatic rings. The Morgan fingerprint density at radius 1 is 1.29 bits per heavy atom. The van der Waals surface area contributed by atoms with Crippen molar-refractivity contribution in [1.82, 2.24) is 4.48 Å². The fraction of sp³-hybridized carbons (Fsp3) is 0.450. The SMILES string of the molecule is Cc1cc(C)n2c1C=C1C=CC(CCCC/C=C/[C@@H](O)[C@@H](N)CO)=[N+]1[B-]2(F)F. The summed E-state index contributed by atoms with van der Waals surface area (Å²) in [6, 6.07) is 1.12. The van der Waals surface area contributed by atoms with Gasteiger partial charge in [-0.15, -0.1) is 0 Å². The van der Waals surface area contributed by atoms with Crippen LogP contribution in [-0.2, 0) is 0 Å². The molecule has 2 atom stereocenters. The molecule has 0 amide bonds. The Kier molecular flexibility index (Phi) is 6.02. The molecule has 0 aliphatic carbocycles. The van der Waals surface area contributed by atoms with E-state index in [4.69, 9.17) is 10.8 Å². The van der Waals surface area contributed by atoms with Gasteiger partial charge < -0.3 is 33.5 Å². The molecule has 3 rings (SSSR count). The van der Waals surface area contributed by atoms with Crippen LogP contribution in [0.25, 0.3) is 6.08 Å². The highest BCUT2D eigenvalue weighted by molar-refractivity contribution is 6.58. The molecule has 1 aromatic rings. The average molecular weight is 391 g/mol. The minimum absolute atomic E-state index is 0.278. The van der Waals surface area contributed by atoms with Crippen molar-refractivity contribution < 1.29 is 23.3 Å². The van der Waals surface area contributed by atoms with E-state index in [1.807, 2.05) is 19.1 Å². The summed E-state index contributed by atoms with van der Waals surface area (Å²) in [4.78, 5) is 0. The molecule has 4 N–H and O–H groups in total. The zero-order valence-corrected chi connectivity index (χ0v) is 16.4. The summed E-state index contributed by atoms with van der Waals surface area (Å²) in [5, 5.41) is 18.5. The summed E-state index contributed by atoms with van der Waals surface area (Å²) in [5.74, 6) is 0. The fourth-order valence-corrected chi connectivity index (χ4v) is 3.95. The van der Waals surface area contributed by atoms with Crippen molar-refractivity contribution in [2.45, 2.75) is 51.7 Å². The Labute approximate surface area is 164 Å². The molecule has 0 saturated heterocycles. The van der Waals surface area contributed by atoms with Crippen LogP contribution in [0.2, 0.25) is 0 Å². The Bertz CT molecular complexity index is 871. The van der Waals surface area contributed by atoms with Gasteiger partial charge in [0.1, 0.15) is 5.71 Å². The number of allylic oxidation sites excluding steroid dienone is 3. The molecule has 28 heavy (non-hydrogen) atoms. The molecule has 0 unspecified atom stereocenters. The molecule has 1 aromatic heterocycles. The number of hydrogen-bond acceptors (Lipinski definition) is 3. The van der Waals surface area contributed by atoms with Gasteiger partial charge in [0.25, 0.3) is 0 Å². The van der Waals surface area contributed by atoms with Crippen molar-refractivity contribution in [2.75, 3.05) is 6.61 Å². The molecule has 0 aromatic carbocycles. The first kappa shape index (κ1) is 20.7. The smallest absolute Gasteiger partial charge is 0.395 e. The summed E-state index contributed by atoms with van der Waals surface area (Å²) in [7, 11) is 0. The van der Waals surface area contributed by atoms with Gasteiger partial charge in [0.2, 0.25) is 0 Å². The minimum Gasteiger partial charge on any atom is -0.395 e. The number of rotatable bonds is 8. The third-order valence-corrected chi connectivity index (χ3v) is 5.45. The minimum atomic E-state index is -3.90. The lowest BCUT2D eigenvalue weighted by molar-refractivity contribution is -0.362. The van der Waals surface area contributed by atoms with Crippen LogP contribution in [0.1, 0.15) is 42.6 Å². The summed E-state index contributed by atoms with van der Waals surface area (Å²) < 4.78 is 32.9. The monoisotopic (exact) mass is 391 g/mol. The molecular weight excluding hydrogens is 363 g/mol. The molecular formula is C20H28BF2N3O2. The van der Waals surface area contributed by atoms with Gasteiger partial charge in [-0.2, -0.15) is 0 Å². The zero-order valence-electron chi connectivity index (χ0n) is 16.4. The number of hydrogen-bond donors (Lipinski definition) is 3. The predicted molar refractivity (Wildman–Crippen MR) is 108 cm³/mol. The van der Waals surface area contributed by atoms with Crippen molar-refractivity contribution in [1.29, 1.82) is 0 Å². The third kappa shape index (κ3) is 3.77. The van der Waals surface area contributed by atoms with Gasteiger partial charge in [-0.05, 0) is 50.4 Å². The Balaban J connectivity index is 1.65. The van der Waals surface area contributed by atoms with Crippen LogP contribution in [0, 0.1) is 13.8 Å². The summed E-state index contributed by atoms with van der Waals surface area (Å²) in [5.41, 5.74) is 8.74. The van der Waals surface area contributed by atoms with Crippen molar-refractivity contribution in [2.24, 2.45) is 5.73 Å². The molecule has 0 spiro atoms. The van der Waals surface area contributed by atoms with E-state index in [0.717, 1.165) is 24.8 Å². The lowest BCUT2D eigenvalue weighted by Crippen LogP contribution is -2.50. The molecule has 0 radical (unpaired) electrons. The molecule has 5 nitrogen and oxygen atoms in total. The number of aryl methyl sites for hydroxylation is 2. The molecule has 2 aliphatic heterocycles. The second-order valence-corrected chi connectivity index (χ2v) is 7.59. The fourth-order valence-electron chi connectivity index (χ4n) is 3.95. The molecule has 8 heteroatoms. The number of aliphatic hydroxyl groups excluding tert-OH is 2. The number of fused-ring (bicyclic) bond motifs is 2. The molecule has 3 heterocycles. The first-order valence-corrected chi connectivity index (χ1v) is 9.74. The highest BCUT2D eigenvalue weighted by Gasteiger charge is 2.52. The van der Waals surface area contributed by atoms with E-state index in [0.29, 0.717) is 29.2 Å². The number of unbranched alkanes of at least 4 members (excludes halogenated alkanes) is 2. The normalized spacial score (nSPS) is 19.8. The van der Waals surface area contributed by atoms with Crippen molar-refractivity contribution >= 4 is 18.8 Å². The third-order valence-electron chi connectivity index (χ3n) is 5.45. The first-order chi connectivity index (χ1) is 13.3. The van der Waals surface area contributed by atoms with E-state index in [1.54, 1.807) is 31.2 Å². The van der Waals surface area contributed by atoms with Crippen molar-refractivity contribution in [3.05, 3.63) is 53.0 Å².